The van der Waals surface area contributed by atoms with Crippen molar-refractivity contribution in [2.24, 2.45) is 0 Å². The van der Waals surface area contributed by atoms with E-state index in [-0.39, 0.29) is 12.3 Å². The zero-order chi connectivity index (χ0) is 13.7. The van der Waals surface area contributed by atoms with Crippen molar-refractivity contribution >= 4 is 39.1 Å². The predicted octanol–water partition coefficient (Wildman–Crippen LogP) is 4.42. The predicted molar refractivity (Wildman–Crippen MR) is 82.9 cm³/mol. The Hall–Kier alpha value is -1.32. The summed E-state index contributed by atoms with van der Waals surface area (Å²) in [6, 6.07) is 15.1. The number of nitrogens with one attached hydrogen (secondary N) is 1. The van der Waals surface area contributed by atoms with Gasteiger partial charge in [0.15, 0.2) is 0 Å². The zero-order valence-electron chi connectivity index (χ0n) is 10.2. The number of carbonyl (C=O) groups excluding carboxylic acids is 1. The van der Waals surface area contributed by atoms with E-state index < -0.39 is 0 Å². The fourth-order valence-electron chi connectivity index (χ4n) is 1.75. The highest BCUT2D eigenvalue weighted by Gasteiger charge is 2.07. The number of alkyl halides is 1. The van der Waals surface area contributed by atoms with Gasteiger partial charge >= 0.3 is 0 Å². The Labute approximate surface area is 125 Å². The molecule has 0 aliphatic rings. The van der Waals surface area contributed by atoms with Crippen LogP contribution in [0.25, 0.3) is 0 Å². The van der Waals surface area contributed by atoms with Gasteiger partial charge in [-0.3, -0.25) is 4.79 Å². The van der Waals surface area contributed by atoms with Crippen molar-refractivity contribution in [2.45, 2.75) is 11.8 Å². The van der Waals surface area contributed by atoms with Crippen LogP contribution in [0.2, 0.25) is 5.02 Å². The smallest absolute Gasteiger partial charge is 0.228 e. The van der Waals surface area contributed by atoms with Crippen molar-refractivity contribution < 1.29 is 4.79 Å². The molecule has 0 radical (unpaired) electrons. The minimum absolute atomic E-state index is 0.0696. The SMILES string of the molecule is O=C(Cc1ccccc1Cl)Nc1cccc(CBr)c1. The summed E-state index contributed by atoms with van der Waals surface area (Å²) in [7, 11) is 0. The molecule has 98 valence electrons. The lowest BCUT2D eigenvalue weighted by Crippen LogP contribution is -2.14. The normalized spacial score (nSPS) is 10.2. The van der Waals surface area contributed by atoms with Gasteiger partial charge in [-0.25, -0.2) is 0 Å². The van der Waals surface area contributed by atoms with Crippen LogP contribution in [0, 0.1) is 0 Å². The second-order valence-electron chi connectivity index (χ2n) is 4.15. The molecule has 2 nitrogen and oxygen atoms in total. The molecule has 1 N–H and O–H groups in total. The molecule has 0 saturated heterocycles. The Balaban J connectivity index is 2.03. The molecule has 0 bridgehead atoms. The van der Waals surface area contributed by atoms with Gasteiger partial charge in [0.1, 0.15) is 0 Å². The third-order valence-electron chi connectivity index (χ3n) is 2.67. The molecule has 0 atom stereocenters. The maximum atomic E-state index is 12.0. The number of halogens is 2. The lowest BCUT2D eigenvalue weighted by atomic mass is 10.1. The summed E-state index contributed by atoms with van der Waals surface area (Å²) in [4.78, 5) is 12.0. The average molecular weight is 339 g/mol. The summed E-state index contributed by atoms with van der Waals surface area (Å²) in [6.45, 7) is 0. The lowest BCUT2D eigenvalue weighted by molar-refractivity contribution is -0.115. The van der Waals surface area contributed by atoms with Crippen LogP contribution in [-0.4, -0.2) is 5.91 Å². The first kappa shape index (κ1) is 14.1. The van der Waals surface area contributed by atoms with Crippen molar-refractivity contribution in [1.29, 1.82) is 0 Å². The Morgan fingerprint density at radius 3 is 2.68 bits per heavy atom. The molecule has 0 aliphatic carbocycles. The van der Waals surface area contributed by atoms with Gasteiger partial charge in [-0.2, -0.15) is 0 Å². The number of hydrogen-bond acceptors (Lipinski definition) is 1. The van der Waals surface area contributed by atoms with E-state index in [1.807, 2.05) is 42.5 Å². The van der Waals surface area contributed by atoms with E-state index >= 15 is 0 Å². The number of benzene rings is 2. The molecular formula is C15H13BrClNO. The maximum Gasteiger partial charge on any atom is 0.228 e. The highest BCUT2D eigenvalue weighted by molar-refractivity contribution is 9.08. The number of amides is 1. The number of rotatable bonds is 4. The highest BCUT2D eigenvalue weighted by Crippen LogP contribution is 2.17. The Bertz CT molecular complexity index is 586. The Kier molecular flexibility index (Phi) is 5.00. The summed E-state index contributed by atoms with van der Waals surface area (Å²) in [5, 5.41) is 4.26. The van der Waals surface area contributed by atoms with Crippen molar-refractivity contribution in [3.8, 4) is 0 Å². The van der Waals surface area contributed by atoms with Crippen LogP contribution in [-0.2, 0) is 16.5 Å². The summed E-state index contributed by atoms with van der Waals surface area (Å²) in [5.74, 6) is -0.0696. The summed E-state index contributed by atoms with van der Waals surface area (Å²) in [6.07, 6.45) is 0.276. The van der Waals surface area contributed by atoms with Crippen molar-refractivity contribution in [3.05, 3.63) is 64.7 Å². The maximum absolute atomic E-state index is 12.0. The molecule has 2 rings (SSSR count). The Morgan fingerprint density at radius 1 is 1.16 bits per heavy atom. The molecule has 0 fully saturated rings. The molecule has 0 saturated carbocycles. The van der Waals surface area contributed by atoms with Gasteiger partial charge in [0, 0.05) is 16.0 Å². The molecule has 0 spiro atoms. The largest absolute Gasteiger partial charge is 0.326 e. The van der Waals surface area contributed by atoms with E-state index in [4.69, 9.17) is 11.6 Å². The van der Waals surface area contributed by atoms with Crippen LogP contribution in [0.15, 0.2) is 48.5 Å². The third-order valence-corrected chi connectivity index (χ3v) is 3.69. The average Bonchev–Trinajstić information content (AvgIpc) is 2.41. The first-order chi connectivity index (χ1) is 9.19. The lowest BCUT2D eigenvalue weighted by Gasteiger charge is -2.07. The second kappa shape index (κ2) is 6.73. The van der Waals surface area contributed by atoms with Gasteiger partial charge in [0.05, 0.1) is 6.42 Å². The molecule has 0 unspecified atom stereocenters. The summed E-state index contributed by atoms with van der Waals surface area (Å²) >= 11 is 9.42. The summed E-state index contributed by atoms with van der Waals surface area (Å²) in [5.41, 5.74) is 2.75. The monoisotopic (exact) mass is 337 g/mol. The van der Waals surface area contributed by atoms with E-state index in [0.717, 1.165) is 22.1 Å². The van der Waals surface area contributed by atoms with Crippen molar-refractivity contribution in [1.82, 2.24) is 0 Å². The molecule has 0 aliphatic heterocycles. The first-order valence-corrected chi connectivity index (χ1v) is 7.37. The fraction of sp³-hybridized carbons (Fsp3) is 0.133. The molecule has 0 aromatic heterocycles. The topological polar surface area (TPSA) is 29.1 Å². The quantitative estimate of drug-likeness (QED) is 0.822. The molecular weight excluding hydrogens is 326 g/mol. The molecule has 1 amide bonds. The fourth-order valence-corrected chi connectivity index (χ4v) is 2.30. The molecule has 4 heteroatoms. The van der Waals surface area contributed by atoms with Crippen LogP contribution in [0.3, 0.4) is 0 Å². The van der Waals surface area contributed by atoms with Crippen LogP contribution < -0.4 is 5.32 Å². The van der Waals surface area contributed by atoms with E-state index in [1.165, 1.54) is 0 Å². The standard InChI is InChI=1S/C15H13BrClNO/c16-10-11-4-3-6-13(8-11)18-15(19)9-12-5-1-2-7-14(12)17/h1-8H,9-10H2,(H,18,19). The number of hydrogen-bond donors (Lipinski definition) is 1. The van der Waals surface area contributed by atoms with Crippen molar-refractivity contribution in [3.63, 3.8) is 0 Å². The van der Waals surface area contributed by atoms with Crippen molar-refractivity contribution in [2.75, 3.05) is 5.32 Å². The van der Waals surface area contributed by atoms with E-state index in [9.17, 15) is 4.79 Å². The highest BCUT2D eigenvalue weighted by atomic mass is 79.9. The first-order valence-electron chi connectivity index (χ1n) is 5.87. The van der Waals surface area contributed by atoms with E-state index in [2.05, 4.69) is 21.2 Å². The zero-order valence-corrected chi connectivity index (χ0v) is 12.5. The molecule has 0 heterocycles. The molecule has 2 aromatic rings. The van der Waals surface area contributed by atoms with Crippen LogP contribution in [0.5, 0.6) is 0 Å². The van der Waals surface area contributed by atoms with Gasteiger partial charge in [-0.15, -0.1) is 0 Å². The van der Waals surface area contributed by atoms with Gasteiger partial charge in [0.25, 0.3) is 0 Å². The van der Waals surface area contributed by atoms with Crippen LogP contribution >= 0.6 is 27.5 Å². The van der Waals surface area contributed by atoms with Gasteiger partial charge in [-0.05, 0) is 29.3 Å². The van der Waals surface area contributed by atoms with Gasteiger partial charge in [0.2, 0.25) is 5.91 Å². The minimum atomic E-state index is -0.0696. The third kappa shape index (κ3) is 4.08. The van der Waals surface area contributed by atoms with Gasteiger partial charge < -0.3 is 5.32 Å². The molecule has 2 aromatic carbocycles. The van der Waals surface area contributed by atoms with E-state index in [1.54, 1.807) is 6.07 Å². The van der Waals surface area contributed by atoms with Crippen LogP contribution in [0.4, 0.5) is 5.69 Å². The number of carbonyl (C=O) groups is 1. The van der Waals surface area contributed by atoms with Gasteiger partial charge in [-0.1, -0.05) is 57.9 Å². The molecule has 19 heavy (non-hydrogen) atoms. The second-order valence-corrected chi connectivity index (χ2v) is 5.12. The van der Waals surface area contributed by atoms with E-state index in [0.29, 0.717) is 5.02 Å². The number of anilines is 1. The van der Waals surface area contributed by atoms with Crippen LogP contribution in [0.1, 0.15) is 11.1 Å². The minimum Gasteiger partial charge on any atom is -0.326 e. The summed E-state index contributed by atoms with van der Waals surface area (Å²) < 4.78 is 0. The Morgan fingerprint density at radius 2 is 1.95 bits per heavy atom.